The first-order valence-corrected chi connectivity index (χ1v) is 6.46. The van der Waals surface area contributed by atoms with Gasteiger partial charge in [0.1, 0.15) is 11.4 Å². The van der Waals surface area contributed by atoms with Crippen LogP contribution in [0.1, 0.15) is 5.56 Å². The van der Waals surface area contributed by atoms with Gasteiger partial charge in [0.2, 0.25) is 0 Å². The van der Waals surface area contributed by atoms with Crippen molar-refractivity contribution in [1.29, 1.82) is 0 Å². The smallest absolute Gasteiger partial charge is 0.187 e. The number of hydrogen-bond donors (Lipinski definition) is 1. The topological polar surface area (TPSA) is 32.6 Å². The van der Waals surface area contributed by atoms with Crippen molar-refractivity contribution in [2.24, 2.45) is 4.99 Å². The summed E-state index contributed by atoms with van der Waals surface area (Å²) < 4.78 is 40.1. The van der Waals surface area contributed by atoms with Crippen LogP contribution in [0.2, 0.25) is 0 Å². The van der Waals surface area contributed by atoms with Crippen LogP contribution in [0.4, 0.5) is 18.9 Å². The van der Waals surface area contributed by atoms with Gasteiger partial charge in [-0.05, 0) is 23.6 Å². The number of aromatic hydroxyl groups is 1. The zero-order chi connectivity index (χ0) is 15.7. The second-order valence-electron chi connectivity index (χ2n) is 4.67. The van der Waals surface area contributed by atoms with Gasteiger partial charge in [0.25, 0.3) is 0 Å². The van der Waals surface area contributed by atoms with Gasteiger partial charge in [-0.15, -0.1) is 0 Å². The second kappa shape index (κ2) is 5.52. The third kappa shape index (κ3) is 2.41. The molecule has 0 spiro atoms. The zero-order valence-electron chi connectivity index (χ0n) is 11.2. The molecule has 0 saturated carbocycles. The first kappa shape index (κ1) is 14.1. The lowest BCUT2D eigenvalue weighted by atomic mass is 10.1. The van der Waals surface area contributed by atoms with Gasteiger partial charge in [-0.2, -0.15) is 0 Å². The number of fused-ring (bicyclic) bond motifs is 1. The maximum absolute atomic E-state index is 13.5. The van der Waals surface area contributed by atoms with E-state index >= 15 is 0 Å². The molecule has 0 aromatic heterocycles. The van der Waals surface area contributed by atoms with Crippen LogP contribution in [-0.2, 0) is 0 Å². The summed E-state index contributed by atoms with van der Waals surface area (Å²) in [6.07, 6.45) is 1.10. The van der Waals surface area contributed by atoms with Gasteiger partial charge in [0.05, 0.1) is 0 Å². The fraction of sp³-hybridized carbons (Fsp3) is 0. The summed E-state index contributed by atoms with van der Waals surface area (Å²) in [6.45, 7) is 0. The van der Waals surface area contributed by atoms with Gasteiger partial charge in [-0.1, -0.05) is 30.3 Å². The molecule has 1 N–H and O–H groups in total. The van der Waals surface area contributed by atoms with E-state index in [1.54, 1.807) is 24.3 Å². The number of rotatable bonds is 2. The molecule has 0 bridgehead atoms. The number of hydrogen-bond acceptors (Lipinski definition) is 2. The van der Waals surface area contributed by atoms with Crippen LogP contribution in [0.25, 0.3) is 10.8 Å². The van der Waals surface area contributed by atoms with E-state index in [1.165, 1.54) is 0 Å². The van der Waals surface area contributed by atoms with E-state index in [4.69, 9.17) is 0 Å². The van der Waals surface area contributed by atoms with Crippen molar-refractivity contribution in [1.82, 2.24) is 0 Å². The van der Waals surface area contributed by atoms with Gasteiger partial charge >= 0.3 is 0 Å². The van der Waals surface area contributed by atoms with E-state index in [-0.39, 0.29) is 11.3 Å². The molecule has 3 aromatic rings. The Morgan fingerprint density at radius 1 is 0.864 bits per heavy atom. The number of phenols is 1. The molecule has 0 fully saturated rings. The van der Waals surface area contributed by atoms with Crippen LogP contribution < -0.4 is 0 Å². The van der Waals surface area contributed by atoms with Crippen molar-refractivity contribution in [3.05, 3.63) is 71.5 Å². The third-order valence-electron chi connectivity index (χ3n) is 3.28. The fourth-order valence-corrected chi connectivity index (χ4v) is 2.14. The highest BCUT2D eigenvalue weighted by Crippen LogP contribution is 2.29. The van der Waals surface area contributed by atoms with Crippen molar-refractivity contribution in [3.63, 3.8) is 0 Å². The van der Waals surface area contributed by atoms with Crippen molar-refractivity contribution in [2.75, 3.05) is 0 Å². The minimum atomic E-state index is -1.36. The normalized spacial score (nSPS) is 11.4. The van der Waals surface area contributed by atoms with Crippen LogP contribution in [0.5, 0.6) is 5.75 Å². The highest BCUT2D eigenvalue weighted by Gasteiger charge is 2.12. The summed E-state index contributed by atoms with van der Waals surface area (Å²) in [5, 5.41) is 11.6. The molecule has 0 aliphatic heterocycles. The molecule has 0 unspecified atom stereocenters. The van der Waals surface area contributed by atoms with E-state index in [0.717, 1.165) is 17.7 Å². The minimum Gasteiger partial charge on any atom is -0.507 e. The van der Waals surface area contributed by atoms with Crippen LogP contribution in [-0.4, -0.2) is 11.3 Å². The Hall–Kier alpha value is -2.82. The maximum Gasteiger partial charge on any atom is 0.187 e. The standard InChI is InChI=1S/C17H10F3NO/c18-13-7-8-14(19)16(15(13)20)21-9-11-6-5-10-3-1-2-4-12(10)17(11)22/h1-9,22H. The van der Waals surface area contributed by atoms with Crippen LogP contribution in [0.3, 0.4) is 0 Å². The van der Waals surface area contributed by atoms with Crippen molar-refractivity contribution in [2.45, 2.75) is 0 Å². The van der Waals surface area contributed by atoms with Gasteiger partial charge in [0.15, 0.2) is 17.5 Å². The largest absolute Gasteiger partial charge is 0.507 e. The molecule has 2 nitrogen and oxygen atoms in total. The molecular weight excluding hydrogens is 291 g/mol. The molecule has 110 valence electrons. The van der Waals surface area contributed by atoms with Gasteiger partial charge in [0, 0.05) is 17.2 Å². The maximum atomic E-state index is 13.5. The molecule has 3 aromatic carbocycles. The van der Waals surface area contributed by atoms with Crippen molar-refractivity contribution < 1.29 is 18.3 Å². The molecule has 0 saturated heterocycles. The number of benzene rings is 3. The highest BCUT2D eigenvalue weighted by molar-refractivity contribution is 5.97. The van der Waals surface area contributed by atoms with E-state index in [2.05, 4.69) is 4.99 Å². The first-order valence-electron chi connectivity index (χ1n) is 6.46. The summed E-state index contributed by atoms with van der Waals surface area (Å²) in [7, 11) is 0. The molecule has 0 aliphatic rings. The van der Waals surface area contributed by atoms with Crippen LogP contribution >= 0.6 is 0 Å². The number of halogens is 3. The highest BCUT2D eigenvalue weighted by atomic mass is 19.2. The molecule has 0 radical (unpaired) electrons. The van der Waals surface area contributed by atoms with E-state index in [9.17, 15) is 18.3 Å². The summed E-state index contributed by atoms with van der Waals surface area (Å²) in [6, 6.07) is 11.9. The van der Waals surface area contributed by atoms with E-state index < -0.39 is 23.1 Å². The fourth-order valence-electron chi connectivity index (χ4n) is 2.14. The Kier molecular flexibility index (Phi) is 3.55. The quantitative estimate of drug-likeness (QED) is 0.539. The molecule has 22 heavy (non-hydrogen) atoms. The lowest BCUT2D eigenvalue weighted by Gasteiger charge is -2.04. The molecule has 5 heteroatoms. The van der Waals surface area contributed by atoms with Gasteiger partial charge in [-0.3, -0.25) is 0 Å². The number of nitrogens with zero attached hydrogens (tertiary/aromatic N) is 1. The molecule has 0 atom stereocenters. The Morgan fingerprint density at radius 2 is 1.59 bits per heavy atom. The number of aliphatic imine (C=N–C) groups is 1. The third-order valence-corrected chi connectivity index (χ3v) is 3.28. The van der Waals surface area contributed by atoms with Crippen molar-refractivity contribution >= 4 is 22.7 Å². The van der Waals surface area contributed by atoms with Crippen molar-refractivity contribution in [3.8, 4) is 5.75 Å². The average Bonchev–Trinajstić information content (AvgIpc) is 2.53. The Bertz CT molecular complexity index is 890. The lowest BCUT2D eigenvalue weighted by Crippen LogP contribution is -1.90. The van der Waals surface area contributed by atoms with Crippen LogP contribution in [0.15, 0.2) is 53.5 Å². The van der Waals surface area contributed by atoms with Gasteiger partial charge < -0.3 is 5.11 Å². The van der Waals surface area contributed by atoms with E-state index in [1.807, 2.05) is 12.1 Å². The summed E-state index contributed by atoms with van der Waals surface area (Å²) in [4.78, 5) is 3.63. The molecular formula is C17H10F3NO. The van der Waals surface area contributed by atoms with E-state index in [0.29, 0.717) is 11.5 Å². The SMILES string of the molecule is Oc1c(C=Nc2c(F)ccc(F)c2F)ccc2ccccc12. The molecule has 0 heterocycles. The summed E-state index contributed by atoms with van der Waals surface area (Å²) in [5.74, 6) is -3.58. The second-order valence-corrected chi connectivity index (χ2v) is 4.67. The summed E-state index contributed by atoms with van der Waals surface area (Å²) in [5.41, 5.74) is -0.450. The predicted octanol–water partition coefficient (Wildman–Crippen LogP) is 4.71. The summed E-state index contributed by atoms with van der Waals surface area (Å²) >= 11 is 0. The zero-order valence-corrected chi connectivity index (χ0v) is 11.2. The lowest BCUT2D eigenvalue weighted by molar-refractivity contribution is 0.481. The minimum absolute atomic E-state index is 0.0564. The molecule has 3 rings (SSSR count). The molecule has 0 amide bonds. The monoisotopic (exact) mass is 301 g/mol. The predicted molar refractivity (Wildman–Crippen MR) is 79.2 cm³/mol. The first-order chi connectivity index (χ1) is 10.6. The Balaban J connectivity index is 2.07. The molecule has 0 aliphatic carbocycles. The van der Waals surface area contributed by atoms with Gasteiger partial charge in [-0.25, -0.2) is 18.2 Å². The average molecular weight is 301 g/mol. The Morgan fingerprint density at radius 3 is 2.41 bits per heavy atom. The van der Waals surface area contributed by atoms with Crippen LogP contribution in [0, 0.1) is 17.5 Å². The Labute approximate surface area is 124 Å². The number of phenolic OH excluding ortho intramolecular Hbond substituents is 1.